The van der Waals surface area contributed by atoms with Gasteiger partial charge in [-0.1, -0.05) is 18.2 Å². The van der Waals surface area contributed by atoms with E-state index in [1.165, 1.54) is 18.2 Å². The van der Waals surface area contributed by atoms with Crippen molar-refractivity contribution in [3.8, 4) is 0 Å². The molecule has 0 amide bonds. The lowest BCUT2D eigenvalue weighted by atomic mass is 9.81. The molecule has 11 nitrogen and oxygen atoms in total. The Kier molecular flexibility index (Phi) is 4.31. The Labute approximate surface area is 145 Å². The van der Waals surface area contributed by atoms with E-state index in [1.807, 2.05) is 11.9 Å². The Morgan fingerprint density at radius 1 is 1.32 bits per heavy atom. The van der Waals surface area contributed by atoms with Gasteiger partial charge in [0.1, 0.15) is 10.00 Å². The smallest absolute Gasteiger partial charge is 0.220 e. The number of likely N-dealkylation sites (tertiary alicyclic amines) is 1. The molecule has 5 N–H and O–H groups in total. The highest BCUT2D eigenvalue weighted by Gasteiger charge is 2.60. The van der Waals surface area contributed by atoms with Crippen LogP contribution in [0.2, 0.25) is 0 Å². The summed E-state index contributed by atoms with van der Waals surface area (Å²) < 4.78 is 48.4. The number of aromatic amines is 1. The van der Waals surface area contributed by atoms with E-state index < -0.39 is 36.0 Å². The first-order chi connectivity index (χ1) is 11.6. The molecule has 25 heavy (non-hydrogen) atoms. The van der Waals surface area contributed by atoms with Crippen LogP contribution in [0.1, 0.15) is 12.2 Å². The van der Waals surface area contributed by atoms with Crippen LogP contribution in [0.3, 0.4) is 0 Å². The molecule has 1 aliphatic heterocycles. The van der Waals surface area contributed by atoms with E-state index in [1.54, 1.807) is 0 Å². The molecule has 2 aliphatic rings. The summed E-state index contributed by atoms with van der Waals surface area (Å²) in [5.41, 5.74) is 0.0438. The van der Waals surface area contributed by atoms with E-state index in [2.05, 4.69) is 20.6 Å². The predicted octanol–water partition coefficient (Wildman–Crippen LogP) is -2.21. The van der Waals surface area contributed by atoms with Crippen molar-refractivity contribution in [1.82, 2.24) is 25.5 Å². The van der Waals surface area contributed by atoms with Crippen LogP contribution in [0.15, 0.2) is 18.2 Å². The van der Waals surface area contributed by atoms with Crippen molar-refractivity contribution in [2.75, 3.05) is 20.1 Å². The van der Waals surface area contributed by atoms with Gasteiger partial charge in [-0.05, 0) is 31.1 Å². The Hall–Kier alpha value is -1.67. The van der Waals surface area contributed by atoms with E-state index in [4.69, 9.17) is 10.3 Å². The molecule has 1 aliphatic carbocycles. The van der Waals surface area contributed by atoms with Gasteiger partial charge in [-0.15, -0.1) is 10.2 Å². The fourth-order valence-electron chi connectivity index (χ4n) is 3.76. The molecule has 138 valence electrons. The number of rotatable bonds is 4. The number of primary sulfonamides is 2. The van der Waals surface area contributed by atoms with Gasteiger partial charge in [0, 0.05) is 12.1 Å². The number of nitrogens with one attached hydrogen (secondary N) is 1. The highest BCUT2D eigenvalue weighted by Crippen LogP contribution is 2.45. The van der Waals surface area contributed by atoms with Crippen LogP contribution in [0, 0.1) is 5.92 Å². The molecule has 1 fully saturated rings. The average molecular weight is 389 g/mol. The number of sulfonamides is 2. The van der Waals surface area contributed by atoms with E-state index >= 15 is 0 Å². The average Bonchev–Trinajstić information content (AvgIpc) is 3.15. The fourth-order valence-corrected chi connectivity index (χ4v) is 7.24. The van der Waals surface area contributed by atoms with Gasteiger partial charge in [-0.25, -0.2) is 27.1 Å². The Balaban J connectivity index is 2.27. The zero-order chi connectivity index (χ0) is 18.5. The monoisotopic (exact) mass is 389 g/mol. The molecule has 13 heteroatoms. The summed E-state index contributed by atoms with van der Waals surface area (Å²) in [4.78, 5) is 1.91. The second kappa shape index (κ2) is 5.95. The summed E-state index contributed by atoms with van der Waals surface area (Å²) in [6.07, 6.45) is 4.66. The van der Waals surface area contributed by atoms with E-state index in [9.17, 15) is 16.8 Å². The van der Waals surface area contributed by atoms with Gasteiger partial charge in [0.2, 0.25) is 25.9 Å². The second-order valence-corrected chi connectivity index (χ2v) is 9.78. The van der Waals surface area contributed by atoms with Gasteiger partial charge in [0.25, 0.3) is 0 Å². The first kappa shape index (κ1) is 18.1. The van der Waals surface area contributed by atoms with Gasteiger partial charge in [0.15, 0.2) is 0 Å². The van der Waals surface area contributed by atoms with E-state index in [0.29, 0.717) is 19.5 Å². The Bertz CT molecular complexity index is 923. The molecular weight excluding hydrogens is 370 g/mol. The SMILES string of the molecule is CN1CCC(C2(S(N)(=O)=O)C=CC=C(c3nn[nH]n3)C2S(N)(=O)=O)C1. The number of nitrogens with two attached hydrogens (primary N) is 2. The molecule has 1 saturated heterocycles. The Morgan fingerprint density at radius 3 is 2.52 bits per heavy atom. The number of hydrogen-bond acceptors (Lipinski definition) is 8. The van der Waals surface area contributed by atoms with Crippen LogP contribution in [0.25, 0.3) is 5.57 Å². The third-order valence-electron chi connectivity index (χ3n) is 4.78. The molecule has 1 aromatic rings. The predicted molar refractivity (Wildman–Crippen MR) is 89.6 cm³/mol. The van der Waals surface area contributed by atoms with Crippen LogP contribution >= 0.6 is 0 Å². The number of tetrazole rings is 1. The molecule has 3 unspecified atom stereocenters. The maximum atomic E-state index is 12.7. The molecule has 2 heterocycles. The zero-order valence-corrected chi connectivity index (χ0v) is 15.0. The molecule has 0 spiro atoms. The van der Waals surface area contributed by atoms with Crippen LogP contribution in [-0.2, 0) is 20.0 Å². The van der Waals surface area contributed by atoms with Crippen LogP contribution in [0.5, 0.6) is 0 Å². The summed E-state index contributed by atoms with van der Waals surface area (Å²) in [7, 11) is -6.89. The summed E-state index contributed by atoms with van der Waals surface area (Å²) in [5, 5.41) is 22.6. The number of nitrogens with zero attached hydrogens (tertiary/aromatic N) is 4. The third kappa shape index (κ3) is 2.91. The molecule has 0 saturated carbocycles. The first-order valence-corrected chi connectivity index (χ1v) is 10.6. The minimum Gasteiger partial charge on any atom is -0.306 e. The molecule has 3 rings (SSSR count). The van der Waals surface area contributed by atoms with Crippen LogP contribution < -0.4 is 10.3 Å². The highest BCUT2D eigenvalue weighted by atomic mass is 32.2. The summed E-state index contributed by atoms with van der Waals surface area (Å²) >= 11 is 0. The van der Waals surface area contributed by atoms with Gasteiger partial charge < -0.3 is 4.90 Å². The van der Waals surface area contributed by atoms with Crippen LogP contribution in [-0.4, -0.2) is 72.5 Å². The number of allylic oxidation sites excluding steroid dienone is 2. The summed E-state index contributed by atoms with van der Waals surface area (Å²) in [5.74, 6) is -0.592. The molecule has 0 bridgehead atoms. The lowest BCUT2D eigenvalue weighted by Crippen LogP contribution is -2.61. The van der Waals surface area contributed by atoms with Crippen molar-refractivity contribution in [3.05, 3.63) is 24.1 Å². The fraction of sp³-hybridized carbons (Fsp3) is 0.583. The minimum atomic E-state index is -4.37. The number of H-pyrrole nitrogens is 1. The van der Waals surface area contributed by atoms with Crippen molar-refractivity contribution < 1.29 is 16.8 Å². The number of aromatic nitrogens is 4. The summed E-state index contributed by atoms with van der Waals surface area (Å²) in [6, 6.07) is 0. The quantitative estimate of drug-likeness (QED) is 0.518. The largest absolute Gasteiger partial charge is 0.306 e. The van der Waals surface area contributed by atoms with Crippen molar-refractivity contribution in [3.63, 3.8) is 0 Å². The second-order valence-electron chi connectivity index (χ2n) is 6.33. The standard InChI is InChI=1S/C12H19N7O4S2/c1-19-6-4-8(7-19)12(25(14,22)23)5-2-3-9(10(12)24(13,20)21)11-15-17-18-16-11/h2-3,5,8,10H,4,6-7H2,1H3,(H2,13,20,21)(H2,14,22,23)(H,15,16,17,18). The maximum Gasteiger partial charge on any atom is 0.220 e. The van der Waals surface area contributed by atoms with Gasteiger partial charge in [0.05, 0.1) is 0 Å². The Morgan fingerprint density at radius 2 is 2.04 bits per heavy atom. The third-order valence-corrected chi connectivity index (χ3v) is 7.92. The maximum absolute atomic E-state index is 12.7. The van der Waals surface area contributed by atoms with E-state index in [0.717, 1.165) is 0 Å². The summed E-state index contributed by atoms with van der Waals surface area (Å²) in [6.45, 7) is 0.987. The van der Waals surface area contributed by atoms with Crippen molar-refractivity contribution >= 4 is 25.6 Å². The lowest BCUT2D eigenvalue weighted by Gasteiger charge is -2.41. The van der Waals surface area contributed by atoms with Crippen LogP contribution in [0.4, 0.5) is 0 Å². The topological polar surface area (TPSA) is 178 Å². The molecule has 0 radical (unpaired) electrons. The molecule has 1 aromatic heterocycles. The van der Waals surface area contributed by atoms with Gasteiger partial charge in [-0.2, -0.15) is 5.21 Å². The zero-order valence-electron chi connectivity index (χ0n) is 13.4. The molecule has 3 atom stereocenters. The highest BCUT2D eigenvalue weighted by molar-refractivity contribution is 7.94. The lowest BCUT2D eigenvalue weighted by molar-refractivity contribution is 0.364. The van der Waals surface area contributed by atoms with Crippen molar-refractivity contribution in [1.29, 1.82) is 0 Å². The first-order valence-electron chi connectivity index (χ1n) is 7.43. The van der Waals surface area contributed by atoms with Gasteiger partial charge >= 0.3 is 0 Å². The van der Waals surface area contributed by atoms with Crippen molar-refractivity contribution in [2.24, 2.45) is 16.2 Å². The number of hydrogen-bond donors (Lipinski definition) is 3. The van der Waals surface area contributed by atoms with Gasteiger partial charge in [-0.3, -0.25) is 0 Å². The normalized spacial score (nSPS) is 31.2. The van der Waals surface area contributed by atoms with Crippen molar-refractivity contribution in [2.45, 2.75) is 16.4 Å². The molecular formula is C12H19N7O4S2. The van der Waals surface area contributed by atoms with E-state index in [-0.39, 0.29) is 11.4 Å². The molecule has 0 aromatic carbocycles. The minimum absolute atomic E-state index is 0.0391.